The highest BCUT2D eigenvalue weighted by atomic mass is 16.4. The Bertz CT molecular complexity index is 334. The molecule has 82 valence electrons. The number of hydrogen-bond acceptors (Lipinski definition) is 3. The Labute approximate surface area is 88.5 Å². The number of hydrogen-bond donors (Lipinski definition) is 1. The van der Waals surface area contributed by atoms with Gasteiger partial charge in [-0.25, -0.2) is 0 Å². The molecule has 0 aliphatic carbocycles. The summed E-state index contributed by atoms with van der Waals surface area (Å²) >= 11 is 0. The smallest absolute Gasteiger partial charge is 0.308 e. The van der Waals surface area contributed by atoms with Crippen molar-refractivity contribution in [2.45, 2.75) is 18.9 Å². The van der Waals surface area contributed by atoms with E-state index in [1.807, 2.05) is 13.1 Å². The summed E-state index contributed by atoms with van der Waals surface area (Å²) in [5.41, 5.74) is 0. The monoisotopic (exact) mass is 209 g/mol. The summed E-state index contributed by atoms with van der Waals surface area (Å²) in [6.45, 7) is 0.926. The highest BCUT2D eigenvalue weighted by Crippen LogP contribution is 2.35. The van der Waals surface area contributed by atoms with Gasteiger partial charge in [-0.3, -0.25) is 9.69 Å². The van der Waals surface area contributed by atoms with Crippen LogP contribution < -0.4 is 0 Å². The van der Waals surface area contributed by atoms with E-state index in [1.54, 1.807) is 12.3 Å². The lowest BCUT2D eigenvalue weighted by Gasteiger charge is -2.35. The molecule has 1 fully saturated rings. The molecule has 15 heavy (non-hydrogen) atoms. The van der Waals surface area contributed by atoms with Crippen LogP contribution in [0.3, 0.4) is 0 Å². The second kappa shape index (κ2) is 4.06. The van der Waals surface area contributed by atoms with Crippen molar-refractivity contribution in [1.29, 1.82) is 0 Å². The molecule has 0 radical (unpaired) electrons. The van der Waals surface area contributed by atoms with Crippen LogP contribution in [-0.2, 0) is 4.79 Å². The topological polar surface area (TPSA) is 53.7 Å². The van der Waals surface area contributed by atoms with Gasteiger partial charge in [0.2, 0.25) is 0 Å². The van der Waals surface area contributed by atoms with Crippen LogP contribution in [0.15, 0.2) is 22.8 Å². The lowest BCUT2D eigenvalue weighted by molar-refractivity contribution is -0.146. The van der Waals surface area contributed by atoms with E-state index in [1.165, 1.54) is 0 Å². The van der Waals surface area contributed by atoms with Crippen molar-refractivity contribution in [1.82, 2.24) is 4.90 Å². The van der Waals surface area contributed by atoms with E-state index in [-0.39, 0.29) is 12.0 Å². The predicted molar refractivity (Wildman–Crippen MR) is 54.4 cm³/mol. The van der Waals surface area contributed by atoms with Crippen molar-refractivity contribution in [2.24, 2.45) is 5.92 Å². The minimum Gasteiger partial charge on any atom is -0.481 e. The van der Waals surface area contributed by atoms with Crippen molar-refractivity contribution >= 4 is 5.97 Å². The van der Waals surface area contributed by atoms with E-state index in [2.05, 4.69) is 4.90 Å². The molecule has 1 aliphatic rings. The van der Waals surface area contributed by atoms with Crippen LogP contribution in [-0.4, -0.2) is 29.6 Å². The summed E-state index contributed by atoms with van der Waals surface area (Å²) in [7, 11) is 1.95. The fraction of sp³-hybridized carbons (Fsp3) is 0.545. The van der Waals surface area contributed by atoms with E-state index < -0.39 is 5.97 Å². The molecular formula is C11H15NO3. The van der Waals surface area contributed by atoms with Gasteiger partial charge in [0.15, 0.2) is 0 Å². The number of furan rings is 1. The molecule has 2 atom stereocenters. The Morgan fingerprint density at radius 1 is 1.67 bits per heavy atom. The maximum absolute atomic E-state index is 11.1. The molecule has 1 aliphatic heterocycles. The maximum Gasteiger partial charge on any atom is 0.308 e. The van der Waals surface area contributed by atoms with Gasteiger partial charge in [0, 0.05) is 0 Å². The van der Waals surface area contributed by atoms with Crippen molar-refractivity contribution in [2.75, 3.05) is 13.6 Å². The third-order valence-electron chi connectivity index (χ3n) is 3.03. The third-order valence-corrected chi connectivity index (χ3v) is 3.03. The first-order valence-corrected chi connectivity index (χ1v) is 5.16. The average molecular weight is 209 g/mol. The number of aliphatic carboxylic acids is 1. The van der Waals surface area contributed by atoms with Crippen LogP contribution in [0, 0.1) is 5.92 Å². The Kier molecular flexibility index (Phi) is 2.77. The number of likely N-dealkylation sites (tertiary alicyclic amines) is 1. The summed E-state index contributed by atoms with van der Waals surface area (Å²) in [6, 6.07) is 3.53. The molecule has 1 aromatic rings. The van der Waals surface area contributed by atoms with E-state index in [9.17, 15) is 4.79 Å². The molecule has 0 amide bonds. The van der Waals surface area contributed by atoms with E-state index in [0.717, 1.165) is 25.1 Å². The quantitative estimate of drug-likeness (QED) is 0.806. The Morgan fingerprint density at radius 3 is 3.07 bits per heavy atom. The molecule has 0 bridgehead atoms. The largest absolute Gasteiger partial charge is 0.481 e. The zero-order valence-electron chi connectivity index (χ0n) is 8.72. The molecule has 1 aromatic heterocycles. The number of carbonyl (C=O) groups is 1. The minimum absolute atomic E-state index is 0.119. The van der Waals surface area contributed by atoms with Crippen LogP contribution in [0.4, 0.5) is 0 Å². The molecule has 4 heteroatoms. The summed E-state index contributed by atoms with van der Waals surface area (Å²) in [5.74, 6) is -0.331. The summed E-state index contributed by atoms with van der Waals surface area (Å²) in [5, 5.41) is 9.16. The van der Waals surface area contributed by atoms with Crippen LogP contribution >= 0.6 is 0 Å². The van der Waals surface area contributed by atoms with Crippen LogP contribution in [0.5, 0.6) is 0 Å². The van der Waals surface area contributed by atoms with Gasteiger partial charge in [0.05, 0.1) is 18.2 Å². The Hall–Kier alpha value is -1.29. The lowest BCUT2D eigenvalue weighted by atomic mass is 9.88. The van der Waals surface area contributed by atoms with Crippen molar-refractivity contribution < 1.29 is 14.3 Å². The van der Waals surface area contributed by atoms with Gasteiger partial charge in [0.25, 0.3) is 0 Å². The first-order valence-electron chi connectivity index (χ1n) is 5.16. The molecule has 0 aromatic carbocycles. The lowest BCUT2D eigenvalue weighted by Crippen LogP contribution is -2.39. The zero-order chi connectivity index (χ0) is 10.8. The molecule has 1 N–H and O–H groups in total. The van der Waals surface area contributed by atoms with Crippen molar-refractivity contribution in [3.63, 3.8) is 0 Å². The van der Waals surface area contributed by atoms with Gasteiger partial charge in [-0.1, -0.05) is 0 Å². The number of piperidine rings is 1. The highest BCUT2D eigenvalue weighted by molar-refractivity contribution is 5.71. The second-order valence-electron chi connectivity index (χ2n) is 4.03. The van der Waals surface area contributed by atoms with Gasteiger partial charge in [-0.15, -0.1) is 0 Å². The molecular weight excluding hydrogens is 194 g/mol. The standard InChI is InChI=1S/C11H15NO3/c1-12-6-2-4-8(11(13)14)10(12)9-5-3-7-15-9/h3,5,7-8,10H,2,4,6H2,1H3,(H,13,14). The second-order valence-corrected chi connectivity index (χ2v) is 4.03. The van der Waals surface area contributed by atoms with Gasteiger partial charge >= 0.3 is 5.97 Å². The van der Waals surface area contributed by atoms with Gasteiger partial charge < -0.3 is 9.52 Å². The third kappa shape index (κ3) is 1.90. The van der Waals surface area contributed by atoms with Crippen molar-refractivity contribution in [3.05, 3.63) is 24.2 Å². The number of carboxylic acids is 1. The van der Waals surface area contributed by atoms with E-state index in [4.69, 9.17) is 9.52 Å². The Balaban J connectivity index is 2.26. The fourth-order valence-corrected chi connectivity index (χ4v) is 2.30. The molecule has 2 rings (SSSR count). The molecule has 0 saturated carbocycles. The molecule has 2 heterocycles. The molecule has 0 spiro atoms. The normalized spacial score (nSPS) is 27.8. The van der Waals surface area contributed by atoms with Crippen molar-refractivity contribution in [3.8, 4) is 0 Å². The van der Waals surface area contributed by atoms with Gasteiger partial charge in [0.1, 0.15) is 5.76 Å². The number of nitrogens with zero attached hydrogens (tertiary/aromatic N) is 1. The average Bonchev–Trinajstić information content (AvgIpc) is 2.70. The minimum atomic E-state index is -0.733. The zero-order valence-corrected chi connectivity index (χ0v) is 8.72. The van der Waals surface area contributed by atoms with Gasteiger partial charge in [-0.2, -0.15) is 0 Å². The summed E-state index contributed by atoms with van der Waals surface area (Å²) < 4.78 is 5.32. The summed E-state index contributed by atoms with van der Waals surface area (Å²) in [4.78, 5) is 13.2. The maximum atomic E-state index is 11.1. The summed E-state index contributed by atoms with van der Waals surface area (Å²) in [6.07, 6.45) is 3.26. The fourth-order valence-electron chi connectivity index (χ4n) is 2.30. The van der Waals surface area contributed by atoms with Gasteiger partial charge in [-0.05, 0) is 38.6 Å². The van der Waals surface area contributed by atoms with E-state index >= 15 is 0 Å². The highest BCUT2D eigenvalue weighted by Gasteiger charge is 2.36. The Morgan fingerprint density at radius 2 is 2.47 bits per heavy atom. The first-order chi connectivity index (χ1) is 7.20. The van der Waals surface area contributed by atoms with E-state index in [0.29, 0.717) is 0 Å². The number of carboxylic acid groups (broad SMARTS) is 1. The van der Waals surface area contributed by atoms with Crippen LogP contribution in [0.1, 0.15) is 24.6 Å². The number of rotatable bonds is 2. The van der Waals surface area contributed by atoms with Crippen LogP contribution in [0.2, 0.25) is 0 Å². The first kappa shape index (κ1) is 10.2. The van der Waals surface area contributed by atoms with Crippen LogP contribution in [0.25, 0.3) is 0 Å². The molecule has 2 unspecified atom stereocenters. The predicted octanol–water partition coefficient (Wildman–Crippen LogP) is 1.75. The molecule has 1 saturated heterocycles. The molecule has 4 nitrogen and oxygen atoms in total. The SMILES string of the molecule is CN1CCCC(C(=O)O)C1c1ccco1.